The van der Waals surface area contributed by atoms with Gasteiger partial charge in [-0.05, 0) is 232 Å². The minimum atomic E-state index is -3.33. The molecule has 5 aromatic heterocycles. The van der Waals surface area contributed by atoms with Gasteiger partial charge >= 0.3 is 0 Å². The van der Waals surface area contributed by atoms with Crippen molar-refractivity contribution in [2.75, 3.05) is 68.2 Å². The largest absolute Gasteiger partial charge is 0.497 e. The molecule has 0 aliphatic rings. The van der Waals surface area contributed by atoms with Gasteiger partial charge in [0.2, 0.25) is 10.0 Å². The molecule has 18 aromatic rings. The molecule has 0 aliphatic heterocycles. The normalized spacial score (nSPS) is 10.7. The standard InChI is InChI=1S/C27H25N3O4.C25H20N4O4.C25H21N3O2.C18H16ClN3O2S.C17H14ClN3/c1-5-30-23-15-20(32-2)11-12-21(23)22(16-28)26(30)17-6-8-18(9-7-17)27(31)29-19-10-13-24(33-3)25(14-19)34-4;1-3-28-23-14-20(33-2)12-13-21(23)22(15-26)24(28)16-4-6-17(7-5-16)25(30)27-18-8-10-19(11-9-18)29(31)32;1-3-28-23-15-20(30-2)13-14-21(23)22(16-26)24(28)17-9-11-18(12-10-17)25(29)27-19-7-5-4-6-8-19;1-3-22-17-9-6-13(19)10-15(17)16(11-20)18(22)12-4-7-14(8-5-12)21-25(2,23)24;1-2-21-16-8-5-12(18)9-14(16)15(10-19)17(21)11-3-6-13(20)7-4-11/h6-15H,5H2,1-4H3,(H,29,31);4-14H,3H2,1-2H3,(H,27,30);4-15H,3H2,1-2H3,(H,27,29);4-10,21H,3H2,1-2H3;3-9H,2,20H2,1H3. The lowest BCUT2D eigenvalue weighted by molar-refractivity contribution is -0.384. The van der Waals surface area contributed by atoms with Gasteiger partial charge in [-0.3, -0.25) is 29.2 Å². The van der Waals surface area contributed by atoms with E-state index in [2.05, 4.69) is 80.8 Å². The summed E-state index contributed by atoms with van der Waals surface area (Å²) in [7, 11) is 4.63. The molecule has 18 rings (SSSR count). The maximum absolute atomic E-state index is 12.8. The number of fused-ring (bicyclic) bond motifs is 5. The Balaban J connectivity index is 0.000000143. The second-order valence-corrected chi connectivity index (χ2v) is 34.9. The van der Waals surface area contributed by atoms with Crippen molar-refractivity contribution in [2.24, 2.45) is 0 Å². The van der Waals surface area contributed by atoms with Crippen molar-refractivity contribution in [3.05, 3.63) is 350 Å². The fourth-order valence-electron chi connectivity index (χ4n) is 17.3. The fourth-order valence-corrected chi connectivity index (χ4v) is 18.2. The molecule has 0 saturated heterocycles. The van der Waals surface area contributed by atoms with E-state index in [0.717, 1.165) is 141 Å². The van der Waals surface area contributed by atoms with Crippen LogP contribution in [0, 0.1) is 66.8 Å². The Bertz CT molecular complexity index is 8230. The van der Waals surface area contributed by atoms with Crippen LogP contribution in [0.1, 0.15) is 93.5 Å². The lowest BCUT2D eigenvalue weighted by Crippen LogP contribution is -2.12. The van der Waals surface area contributed by atoms with E-state index in [-0.39, 0.29) is 23.4 Å². The summed E-state index contributed by atoms with van der Waals surface area (Å²) in [5.41, 5.74) is 26.5. The molecule has 13 aromatic carbocycles. The number of aromatic nitrogens is 5. The maximum Gasteiger partial charge on any atom is 0.269 e. The van der Waals surface area contributed by atoms with Crippen molar-refractivity contribution in [3.8, 4) is 115 Å². The predicted molar refractivity (Wildman–Crippen MR) is 564 cm³/mol. The highest BCUT2D eigenvalue weighted by molar-refractivity contribution is 7.92. The number of methoxy groups -OCH3 is 5. The third-order valence-electron chi connectivity index (χ3n) is 23.9. The maximum atomic E-state index is 12.8. The van der Waals surface area contributed by atoms with Crippen LogP contribution in [0.15, 0.2) is 285 Å². The number of nitrogens with two attached hydrogens (primary N) is 1. The summed E-state index contributed by atoms with van der Waals surface area (Å²) in [6.45, 7) is 13.7. The highest BCUT2D eigenvalue weighted by Gasteiger charge is 2.27. The molecule has 0 spiro atoms. The van der Waals surface area contributed by atoms with Gasteiger partial charge in [-0.2, -0.15) is 26.3 Å². The number of sulfonamides is 1. The third kappa shape index (κ3) is 21.8. The van der Waals surface area contributed by atoms with Crippen LogP contribution in [-0.2, 0) is 42.7 Å². The van der Waals surface area contributed by atoms with Crippen LogP contribution in [0.5, 0.6) is 28.7 Å². The number of benzene rings is 13. The van der Waals surface area contributed by atoms with E-state index in [0.29, 0.717) is 121 Å². The highest BCUT2D eigenvalue weighted by atomic mass is 35.5. The van der Waals surface area contributed by atoms with Gasteiger partial charge in [0.1, 0.15) is 47.6 Å². The first kappa shape index (κ1) is 101. The third-order valence-corrected chi connectivity index (χ3v) is 25.0. The molecule has 5 heterocycles. The zero-order chi connectivity index (χ0) is 102. The zero-order valence-corrected chi connectivity index (χ0v) is 82.1. The van der Waals surface area contributed by atoms with Crippen molar-refractivity contribution >= 4 is 140 Å². The second kappa shape index (κ2) is 45.0. The quantitative estimate of drug-likeness (QED) is 0.0213. The molecule has 143 heavy (non-hydrogen) atoms. The van der Waals surface area contributed by atoms with E-state index in [1.807, 2.05) is 198 Å². The lowest BCUT2D eigenvalue weighted by atomic mass is 10.0. The summed E-state index contributed by atoms with van der Waals surface area (Å²) in [5.74, 6) is 2.55. The minimum absolute atomic E-state index is 0.0467. The van der Waals surface area contributed by atoms with Crippen LogP contribution in [0.3, 0.4) is 0 Å². The number of nitro groups is 1. The Hall–Kier alpha value is -18.1. The van der Waals surface area contributed by atoms with Crippen molar-refractivity contribution < 1.29 is 51.4 Å². The number of carbonyl (C=O) groups excluding carboxylic acids is 3. The van der Waals surface area contributed by atoms with Crippen LogP contribution < -0.4 is 50.1 Å². The monoisotopic (exact) mass is 1960 g/mol. The van der Waals surface area contributed by atoms with Crippen LogP contribution in [0.2, 0.25) is 10.0 Å². The second-order valence-electron chi connectivity index (χ2n) is 32.3. The van der Waals surface area contributed by atoms with E-state index in [9.17, 15) is 59.2 Å². The molecule has 3 amide bonds. The number of hydrogen-bond donors (Lipinski definition) is 5. The molecular formula is C112H96Cl2N16O12S. The topological polar surface area (TPSA) is 392 Å². The molecule has 6 N–H and O–H groups in total. The average molecular weight is 1960 g/mol. The number of nitrogens with one attached hydrogen (secondary N) is 4. The summed E-state index contributed by atoms with van der Waals surface area (Å²) in [6.07, 6.45) is 1.10. The Kier molecular flexibility index (Phi) is 31.8. The molecule has 31 heteroatoms. The molecule has 716 valence electrons. The first-order chi connectivity index (χ1) is 69.1. The van der Waals surface area contributed by atoms with Crippen molar-refractivity contribution in [2.45, 2.75) is 67.3 Å². The molecule has 0 radical (unpaired) electrons. The zero-order valence-electron chi connectivity index (χ0n) is 79.7. The number of halogens is 2. The van der Waals surface area contributed by atoms with E-state index >= 15 is 0 Å². The number of anilines is 5. The van der Waals surface area contributed by atoms with Gasteiger partial charge in [0.05, 0.1) is 120 Å². The predicted octanol–water partition coefficient (Wildman–Crippen LogP) is 25.0. The Morgan fingerprint density at radius 2 is 0.650 bits per heavy atom. The Labute approximate surface area is 835 Å². The van der Waals surface area contributed by atoms with Gasteiger partial charge in [0.25, 0.3) is 23.4 Å². The van der Waals surface area contributed by atoms with Crippen LogP contribution >= 0.6 is 23.2 Å². The number of hydrogen-bond acceptors (Lipinski definition) is 18. The number of nitro benzene ring substituents is 1. The number of ether oxygens (including phenoxy) is 5. The van der Waals surface area contributed by atoms with Gasteiger partial charge in [0.15, 0.2) is 11.5 Å². The molecule has 0 unspecified atom stereocenters. The van der Waals surface area contributed by atoms with E-state index in [1.165, 1.54) is 24.3 Å². The van der Waals surface area contributed by atoms with Crippen LogP contribution in [0.4, 0.5) is 34.1 Å². The number of rotatable bonds is 24. The van der Waals surface area contributed by atoms with Crippen LogP contribution in [-0.4, -0.2) is 95.7 Å². The van der Waals surface area contributed by atoms with Gasteiger partial charge in [-0.1, -0.05) is 102 Å². The molecule has 0 atom stereocenters. The van der Waals surface area contributed by atoms with Crippen molar-refractivity contribution in [1.82, 2.24) is 22.8 Å². The number of aryl methyl sites for hydroxylation is 5. The number of para-hydroxylation sites is 1. The SMILES string of the molecule is CCn1c(-c2ccc(C(=O)Nc3ccc(OC)c(OC)c3)cc2)c(C#N)c2ccc(OC)cc21.CCn1c(-c2ccc(C(=O)Nc3ccc([N+](=O)[O-])cc3)cc2)c(C#N)c2ccc(OC)cc21.CCn1c(-c2ccc(C(=O)Nc3ccccc3)cc2)c(C#N)c2ccc(OC)cc21.CCn1c(-c2ccc(N)cc2)c(C#N)c2cc(Cl)ccc21.CCn1c(-c2ccc(NS(C)(=O)=O)cc2)c(C#N)c2cc(Cl)ccc21. The van der Waals surface area contributed by atoms with Gasteiger partial charge in [0, 0.05) is 162 Å². The van der Waals surface area contributed by atoms with Crippen LogP contribution in [0.25, 0.3) is 111 Å². The van der Waals surface area contributed by atoms with E-state index < -0.39 is 14.9 Å². The lowest BCUT2D eigenvalue weighted by Gasteiger charge is -2.12. The van der Waals surface area contributed by atoms with E-state index in [1.54, 1.807) is 127 Å². The Morgan fingerprint density at radius 3 is 0.965 bits per heavy atom. The molecule has 28 nitrogen and oxygen atoms in total. The number of carbonyl (C=O) groups is 3. The summed E-state index contributed by atoms with van der Waals surface area (Å²) in [4.78, 5) is 48.3. The highest BCUT2D eigenvalue weighted by Crippen LogP contribution is 2.43. The molecule has 0 fully saturated rings. The molecule has 0 aliphatic carbocycles. The summed E-state index contributed by atoms with van der Waals surface area (Å²) < 4.78 is 62.2. The molecular weight excluding hydrogens is 1860 g/mol. The van der Waals surface area contributed by atoms with Gasteiger partial charge < -0.3 is 68.2 Å². The first-order valence-corrected chi connectivity index (χ1v) is 47.8. The molecule has 0 bridgehead atoms. The molecule has 0 saturated carbocycles. The van der Waals surface area contributed by atoms with Gasteiger partial charge in [-0.15, -0.1) is 0 Å². The summed E-state index contributed by atoms with van der Waals surface area (Å²) in [6, 6.07) is 96.2. The number of non-ortho nitro benzene ring substituents is 1. The number of nitrogens with zero attached hydrogens (tertiary/aromatic N) is 11. The summed E-state index contributed by atoms with van der Waals surface area (Å²) in [5, 5.41) is 73.7. The average Bonchev–Trinajstić information content (AvgIpc) is 1.62. The van der Waals surface area contributed by atoms with Crippen molar-refractivity contribution in [1.29, 1.82) is 26.3 Å². The minimum Gasteiger partial charge on any atom is -0.497 e. The number of nitrogen functional groups attached to an aromatic ring is 1. The van der Waals surface area contributed by atoms with Gasteiger partial charge in [-0.25, -0.2) is 8.42 Å². The number of amides is 3. The number of nitriles is 5. The summed E-state index contributed by atoms with van der Waals surface area (Å²) >= 11 is 12.2. The van der Waals surface area contributed by atoms with E-state index in [4.69, 9.17) is 52.6 Å². The smallest absolute Gasteiger partial charge is 0.269 e. The van der Waals surface area contributed by atoms with Crippen molar-refractivity contribution in [3.63, 3.8) is 0 Å². The first-order valence-electron chi connectivity index (χ1n) is 45.1. The Morgan fingerprint density at radius 1 is 0.350 bits per heavy atom. The fraction of sp³-hybridized carbons (Fsp3) is 0.143.